The highest BCUT2D eigenvalue weighted by atomic mass is 16.4. The number of carbonyl (C=O) groups excluding carboxylic acids is 1. The van der Waals surface area contributed by atoms with E-state index in [4.69, 9.17) is 10.2 Å². The van der Waals surface area contributed by atoms with Crippen LogP contribution in [-0.4, -0.2) is 17.3 Å². The van der Waals surface area contributed by atoms with Gasteiger partial charge in [-0.25, -0.2) is 4.98 Å². The lowest BCUT2D eigenvalue weighted by molar-refractivity contribution is 0.0952. The van der Waals surface area contributed by atoms with Crippen LogP contribution in [0.5, 0.6) is 0 Å². The van der Waals surface area contributed by atoms with Gasteiger partial charge in [-0.2, -0.15) is 0 Å². The summed E-state index contributed by atoms with van der Waals surface area (Å²) in [7, 11) is 0. The van der Waals surface area contributed by atoms with Gasteiger partial charge < -0.3 is 10.2 Å². The normalized spacial score (nSPS) is 10.4. The average Bonchev–Trinajstić information content (AvgIpc) is 2.41. The van der Waals surface area contributed by atoms with Crippen molar-refractivity contribution in [1.29, 1.82) is 0 Å². The fraction of sp³-hybridized carbons (Fsp3) is 0.556. The molecule has 13 heavy (non-hydrogen) atoms. The number of aryl methyl sites for hydroxylation is 2. The van der Waals surface area contributed by atoms with Crippen molar-refractivity contribution in [3.63, 3.8) is 0 Å². The monoisotopic (exact) mass is 182 g/mol. The molecule has 0 bridgehead atoms. The molecule has 1 aromatic heterocycles. The van der Waals surface area contributed by atoms with E-state index in [0.29, 0.717) is 36.7 Å². The Morgan fingerprint density at radius 1 is 1.54 bits per heavy atom. The van der Waals surface area contributed by atoms with E-state index in [1.807, 2.05) is 0 Å². The lowest BCUT2D eigenvalue weighted by Gasteiger charge is -1.95. The van der Waals surface area contributed by atoms with Gasteiger partial charge >= 0.3 is 0 Å². The Labute approximate surface area is 77.1 Å². The van der Waals surface area contributed by atoms with Crippen molar-refractivity contribution >= 4 is 5.78 Å². The first-order chi connectivity index (χ1) is 6.15. The molecule has 0 saturated carbocycles. The van der Waals surface area contributed by atoms with Gasteiger partial charge in [-0.05, 0) is 19.9 Å². The van der Waals surface area contributed by atoms with Crippen LogP contribution >= 0.6 is 0 Å². The third-order valence-corrected chi connectivity index (χ3v) is 1.76. The highest BCUT2D eigenvalue weighted by molar-refractivity contribution is 5.94. The van der Waals surface area contributed by atoms with Crippen LogP contribution in [0.1, 0.15) is 35.0 Å². The number of carbonyl (C=O) groups is 1. The van der Waals surface area contributed by atoms with E-state index in [1.54, 1.807) is 13.8 Å². The van der Waals surface area contributed by atoms with E-state index in [9.17, 15) is 4.79 Å². The molecule has 0 unspecified atom stereocenters. The van der Waals surface area contributed by atoms with Gasteiger partial charge in [0.15, 0.2) is 17.4 Å². The molecule has 1 rings (SSSR count). The predicted octanol–water partition coefficient (Wildman–Crippen LogP) is 1.21. The molecule has 0 aliphatic heterocycles. The van der Waals surface area contributed by atoms with Crippen molar-refractivity contribution in [3.8, 4) is 0 Å². The molecule has 0 spiro atoms. The fourth-order valence-electron chi connectivity index (χ4n) is 1.17. The van der Waals surface area contributed by atoms with E-state index in [1.165, 1.54) is 0 Å². The molecule has 0 radical (unpaired) electrons. The fourth-order valence-corrected chi connectivity index (χ4v) is 1.17. The molecule has 0 saturated heterocycles. The van der Waals surface area contributed by atoms with Crippen LogP contribution in [-0.2, 0) is 0 Å². The summed E-state index contributed by atoms with van der Waals surface area (Å²) < 4.78 is 5.17. The SMILES string of the molecule is Cc1nc(C)c(C(=O)CCCN)o1. The highest BCUT2D eigenvalue weighted by Gasteiger charge is 2.14. The lowest BCUT2D eigenvalue weighted by atomic mass is 10.1. The van der Waals surface area contributed by atoms with Crippen LogP contribution in [0.4, 0.5) is 0 Å². The Kier molecular flexibility index (Phi) is 3.19. The summed E-state index contributed by atoms with van der Waals surface area (Å²) in [5, 5.41) is 0. The molecule has 72 valence electrons. The molecule has 1 heterocycles. The summed E-state index contributed by atoms with van der Waals surface area (Å²) in [5.74, 6) is 0.906. The average molecular weight is 182 g/mol. The second-order valence-corrected chi connectivity index (χ2v) is 2.96. The summed E-state index contributed by atoms with van der Waals surface area (Å²) in [4.78, 5) is 15.5. The van der Waals surface area contributed by atoms with Gasteiger partial charge in [0.2, 0.25) is 0 Å². The largest absolute Gasteiger partial charge is 0.438 e. The Morgan fingerprint density at radius 2 is 2.23 bits per heavy atom. The Balaban J connectivity index is 2.70. The van der Waals surface area contributed by atoms with E-state index >= 15 is 0 Å². The van der Waals surface area contributed by atoms with Gasteiger partial charge in [0, 0.05) is 13.3 Å². The van der Waals surface area contributed by atoms with Gasteiger partial charge in [-0.3, -0.25) is 4.79 Å². The number of ketones is 1. The highest BCUT2D eigenvalue weighted by Crippen LogP contribution is 2.12. The number of oxazole rings is 1. The standard InChI is InChI=1S/C9H14N2O2/c1-6-9(13-7(2)11-6)8(12)4-3-5-10/h3-5,10H2,1-2H3. The third kappa shape index (κ3) is 2.39. The minimum atomic E-state index is -0.0106. The van der Waals surface area contributed by atoms with E-state index in [2.05, 4.69) is 4.98 Å². The van der Waals surface area contributed by atoms with Gasteiger partial charge in [0.25, 0.3) is 0 Å². The molecule has 0 aliphatic carbocycles. The molecular weight excluding hydrogens is 168 g/mol. The maximum atomic E-state index is 11.4. The van der Waals surface area contributed by atoms with Crippen molar-refractivity contribution < 1.29 is 9.21 Å². The molecular formula is C9H14N2O2. The number of aromatic nitrogens is 1. The van der Waals surface area contributed by atoms with Gasteiger partial charge in [-0.15, -0.1) is 0 Å². The van der Waals surface area contributed by atoms with Crippen LogP contribution in [0.2, 0.25) is 0 Å². The number of Topliss-reactive ketones (excluding diaryl/α,β-unsaturated/α-hetero) is 1. The van der Waals surface area contributed by atoms with Crippen molar-refractivity contribution in [2.45, 2.75) is 26.7 Å². The zero-order chi connectivity index (χ0) is 9.84. The number of nitrogens with two attached hydrogens (primary N) is 1. The Bertz CT molecular complexity index is 305. The zero-order valence-electron chi connectivity index (χ0n) is 7.96. The number of hydrogen-bond donors (Lipinski definition) is 1. The van der Waals surface area contributed by atoms with Crippen molar-refractivity contribution in [3.05, 3.63) is 17.3 Å². The summed E-state index contributed by atoms with van der Waals surface area (Å²) in [6.07, 6.45) is 1.13. The second-order valence-electron chi connectivity index (χ2n) is 2.96. The summed E-state index contributed by atoms with van der Waals surface area (Å²) in [6.45, 7) is 4.02. The van der Waals surface area contributed by atoms with Gasteiger partial charge in [0.05, 0.1) is 5.69 Å². The summed E-state index contributed by atoms with van der Waals surface area (Å²) in [6, 6.07) is 0. The third-order valence-electron chi connectivity index (χ3n) is 1.76. The quantitative estimate of drug-likeness (QED) is 0.710. The van der Waals surface area contributed by atoms with Crippen LogP contribution in [0.15, 0.2) is 4.42 Å². The second kappa shape index (κ2) is 4.18. The number of rotatable bonds is 4. The van der Waals surface area contributed by atoms with Crippen molar-refractivity contribution in [2.24, 2.45) is 5.73 Å². The topological polar surface area (TPSA) is 69.1 Å². The maximum Gasteiger partial charge on any atom is 0.200 e. The first-order valence-electron chi connectivity index (χ1n) is 4.32. The number of hydrogen-bond acceptors (Lipinski definition) is 4. The Morgan fingerprint density at radius 3 is 2.69 bits per heavy atom. The number of nitrogens with zero attached hydrogens (tertiary/aromatic N) is 1. The first-order valence-corrected chi connectivity index (χ1v) is 4.32. The van der Waals surface area contributed by atoms with Crippen LogP contribution in [0.25, 0.3) is 0 Å². The molecule has 0 aromatic carbocycles. The van der Waals surface area contributed by atoms with Crippen LogP contribution < -0.4 is 5.73 Å². The Hall–Kier alpha value is -1.16. The van der Waals surface area contributed by atoms with E-state index in [0.717, 1.165) is 0 Å². The molecule has 0 atom stereocenters. The summed E-state index contributed by atoms with van der Waals surface area (Å²) >= 11 is 0. The molecule has 4 heteroatoms. The molecule has 1 aromatic rings. The molecule has 0 amide bonds. The molecule has 0 fully saturated rings. The zero-order valence-corrected chi connectivity index (χ0v) is 7.96. The van der Waals surface area contributed by atoms with Gasteiger partial charge in [-0.1, -0.05) is 0 Å². The summed E-state index contributed by atoms with van der Waals surface area (Å²) in [5.41, 5.74) is 5.97. The van der Waals surface area contributed by atoms with Crippen LogP contribution in [0, 0.1) is 13.8 Å². The first kappa shape index (κ1) is 9.92. The molecule has 2 N–H and O–H groups in total. The maximum absolute atomic E-state index is 11.4. The smallest absolute Gasteiger partial charge is 0.200 e. The minimum Gasteiger partial charge on any atom is -0.438 e. The lowest BCUT2D eigenvalue weighted by Crippen LogP contribution is -2.05. The van der Waals surface area contributed by atoms with Gasteiger partial charge in [0.1, 0.15) is 0 Å². The predicted molar refractivity (Wildman–Crippen MR) is 48.6 cm³/mol. The minimum absolute atomic E-state index is 0.0106. The van der Waals surface area contributed by atoms with Crippen molar-refractivity contribution in [2.75, 3.05) is 6.54 Å². The van der Waals surface area contributed by atoms with E-state index in [-0.39, 0.29) is 5.78 Å². The van der Waals surface area contributed by atoms with Crippen LogP contribution in [0.3, 0.4) is 0 Å². The van der Waals surface area contributed by atoms with Crippen molar-refractivity contribution in [1.82, 2.24) is 4.98 Å². The molecule has 4 nitrogen and oxygen atoms in total. The molecule has 0 aliphatic rings. The van der Waals surface area contributed by atoms with E-state index < -0.39 is 0 Å².